The lowest BCUT2D eigenvalue weighted by molar-refractivity contribution is -0.131. The number of hydrogen-bond acceptors (Lipinski definition) is 5. The summed E-state index contributed by atoms with van der Waals surface area (Å²) in [5.41, 5.74) is 1.80. The Morgan fingerprint density at radius 3 is 2.00 bits per heavy atom. The zero-order valence-corrected chi connectivity index (χ0v) is 12.9. The quantitative estimate of drug-likeness (QED) is 0.482. The van der Waals surface area contributed by atoms with Crippen LogP contribution in [-0.2, 0) is 9.53 Å². The second kappa shape index (κ2) is 7.35. The van der Waals surface area contributed by atoms with Crippen molar-refractivity contribution < 1.29 is 23.9 Å². The molecule has 0 bridgehead atoms. The summed E-state index contributed by atoms with van der Waals surface area (Å²) in [6.07, 6.45) is 0. The zero-order valence-electron chi connectivity index (χ0n) is 12.9. The van der Waals surface area contributed by atoms with Crippen LogP contribution in [0.3, 0.4) is 0 Å². The van der Waals surface area contributed by atoms with Crippen LogP contribution in [0.2, 0.25) is 0 Å². The summed E-state index contributed by atoms with van der Waals surface area (Å²) in [7, 11) is 0. The number of carbonyl (C=O) groups excluding carboxylic acids is 3. The third-order valence-electron chi connectivity index (χ3n) is 3.06. The van der Waals surface area contributed by atoms with Gasteiger partial charge >= 0.3 is 11.9 Å². The van der Waals surface area contributed by atoms with Gasteiger partial charge < -0.3 is 9.47 Å². The van der Waals surface area contributed by atoms with E-state index in [-0.39, 0.29) is 12.4 Å². The maximum Gasteiger partial charge on any atom is 0.338 e. The second-order valence-corrected chi connectivity index (χ2v) is 4.98. The van der Waals surface area contributed by atoms with Gasteiger partial charge in [0.25, 0.3) is 0 Å². The normalized spacial score (nSPS) is 10.0. The van der Waals surface area contributed by atoms with Gasteiger partial charge in [-0.15, -0.1) is 0 Å². The van der Waals surface area contributed by atoms with Gasteiger partial charge in [-0.1, -0.05) is 17.7 Å². The molecule has 0 saturated heterocycles. The number of Topliss-reactive ketones (excluding diaryl/α,β-unsaturated/α-hetero) is 1. The molecule has 5 nitrogen and oxygen atoms in total. The Kier molecular flexibility index (Phi) is 5.25. The second-order valence-electron chi connectivity index (χ2n) is 4.98. The average Bonchev–Trinajstić information content (AvgIpc) is 2.53. The Hall–Kier alpha value is -2.95. The first-order valence-electron chi connectivity index (χ1n) is 7.01. The largest absolute Gasteiger partial charge is 0.454 e. The highest BCUT2D eigenvalue weighted by molar-refractivity contribution is 5.99. The maximum atomic E-state index is 12.0. The van der Waals surface area contributed by atoms with Crippen LogP contribution >= 0.6 is 0 Å². The smallest absolute Gasteiger partial charge is 0.338 e. The summed E-state index contributed by atoms with van der Waals surface area (Å²) in [5.74, 6) is -0.962. The minimum absolute atomic E-state index is 0.333. The minimum atomic E-state index is -0.546. The van der Waals surface area contributed by atoms with Crippen LogP contribution in [0.4, 0.5) is 0 Å². The number of hydrogen-bond donors (Lipinski definition) is 0. The number of rotatable bonds is 5. The molecule has 0 radical (unpaired) electrons. The lowest BCUT2D eigenvalue weighted by atomic mass is 10.1. The van der Waals surface area contributed by atoms with Crippen LogP contribution in [0.25, 0.3) is 0 Å². The molecule has 0 N–H and O–H groups in total. The molecule has 0 saturated carbocycles. The summed E-state index contributed by atoms with van der Waals surface area (Å²) in [6.45, 7) is 2.86. The van der Waals surface area contributed by atoms with E-state index in [9.17, 15) is 14.4 Å². The van der Waals surface area contributed by atoms with Gasteiger partial charge in [0.05, 0.1) is 5.56 Å². The van der Waals surface area contributed by atoms with Crippen LogP contribution in [0.5, 0.6) is 5.75 Å². The summed E-state index contributed by atoms with van der Waals surface area (Å²) in [5, 5.41) is 0. The van der Waals surface area contributed by atoms with E-state index in [0.29, 0.717) is 16.9 Å². The lowest BCUT2D eigenvalue weighted by Crippen LogP contribution is -2.14. The molecule has 0 fully saturated rings. The Morgan fingerprint density at radius 1 is 0.870 bits per heavy atom. The molecule has 0 spiro atoms. The Labute approximate surface area is 133 Å². The van der Waals surface area contributed by atoms with Gasteiger partial charge in [0.15, 0.2) is 12.4 Å². The van der Waals surface area contributed by atoms with Gasteiger partial charge in [0, 0.05) is 12.5 Å². The zero-order chi connectivity index (χ0) is 16.8. The molecule has 118 valence electrons. The van der Waals surface area contributed by atoms with E-state index < -0.39 is 11.9 Å². The predicted molar refractivity (Wildman–Crippen MR) is 83.5 cm³/mol. The number of benzene rings is 2. The summed E-state index contributed by atoms with van der Waals surface area (Å²) < 4.78 is 9.88. The molecule has 0 aromatic heterocycles. The van der Waals surface area contributed by atoms with Crippen LogP contribution in [-0.4, -0.2) is 24.3 Å². The third-order valence-corrected chi connectivity index (χ3v) is 3.06. The average molecular weight is 312 g/mol. The van der Waals surface area contributed by atoms with Gasteiger partial charge in [-0.25, -0.2) is 4.79 Å². The first-order chi connectivity index (χ1) is 11.0. The van der Waals surface area contributed by atoms with E-state index >= 15 is 0 Å². The number of esters is 2. The molecule has 0 amide bonds. The number of ether oxygens (including phenoxy) is 2. The van der Waals surface area contributed by atoms with Crippen molar-refractivity contribution in [2.45, 2.75) is 13.8 Å². The molecule has 0 aliphatic carbocycles. The highest BCUT2D eigenvalue weighted by Gasteiger charge is 2.12. The van der Waals surface area contributed by atoms with Crippen LogP contribution in [0.1, 0.15) is 33.2 Å². The molecule has 0 aliphatic rings. The molecule has 2 rings (SSSR count). The van der Waals surface area contributed by atoms with Crippen molar-refractivity contribution >= 4 is 17.7 Å². The minimum Gasteiger partial charge on any atom is -0.454 e. The van der Waals surface area contributed by atoms with Gasteiger partial charge in [-0.2, -0.15) is 0 Å². The van der Waals surface area contributed by atoms with Crippen molar-refractivity contribution in [1.82, 2.24) is 0 Å². The molecule has 0 heterocycles. The van der Waals surface area contributed by atoms with Gasteiger partial charge in [0.2, 0.25) is 0 Å². The van der Waals surface area contributed by atoms with E-state index in [4.69, 9.17) is 9.47 Å². The lowest BCUT2D eigenvalue weighted by Gasteiger charge is -2.06. The maximum absolute atomic E-state index is 12.0. The molecular weight excluding hydrogens is 296 g/mol. The highest BCUT2D eigenvalue weighted by atomic mass is 16.5. The van der Waals surface area contributed by atoms with Crippen molar-refractivity contribution in [2.24, 2.45) is 0 Å². The van der Waals surface area contributed by atoms with E-state index in [1.807, 2.05) is 6.92 Å². The highest BCUT2D eigenvalue weighted by Crippen LogP contribution is 2.13. The number of carbonyl (C=O) groups is 3. The monoisotopic (exact) mass is 312 g/mol. The van der Waals surface area contributed by atoms with E-state index in [2.05, 4.69) is 0 Å². The Bertz CT molecular complexity index is 714. The first kappa shape index (κ1) is 16.4. The van der Waals surface area contributed by atoms with Gasteiger partial charge in [-0.3, -0.25) is 9.59 Å². The van der Waals surface area contributed by atoms with Gasteiger partial charge in [-0.05, 0) is 43.3 Å². The SMILES string of the molecule is CC(=O)Oc1ccc(C(=O)COC(=O)c2ccc(C)cc2)cc1. The predicted octanol–water partition coefficient (Wildman–Crippen LogP) is 2.96. The molecule has 0 aliphatic heterocycles. The van der Waals surface area contributed by atoms with Gasteiger partial charge in [0.1, 0.15) is 5.75 Å². The fourth-order valence-corrected chi connectivity index (χ4v) is 1.86. The first-order valence-corrected chi connectivity index (χ1v) is 7.01. The Morgan fingerprint density at radius 2 is 1.43 bits per heavy atom. The van der Waals surface area contributed by atoms with Crippen LogP contribution < -0.4 is 4.74 Å². The van der Waals surface area contributed by atoms with Crippen molar-refractivity contribution in [3.8, 4) is 5.75 Å². The van der Waals surface area contributed by atoms with E-state index in [1.54, 1.807) is 24.3 Å². The summed E-state index contributed by atoms with van der Waals surface area (Å²) in [6, 6.07) is 12.9. The molecule has 5 heteroatoms. The molecule has 2 aromatic rings. The van der Waals surface area contributed by atoms with E-state index in [0.717, 1.165) is 5.56 Å². The third kappa shape index (κ3) is 4.78. The van der Waals surface area contributed by atoms with Crippen molar-refractivity contribution in [2.75, 3.05) is 6.61 Å². The van der Waals surface area contributed by atoms with Crippen molar-refractivity contribution in [1.29, 1.82) is 0 Å². The standard InChI is InChI=1S/C18H16O5/c1-12-3-5-15(6-4-12)18(21)22-11-17(20)14-7-9-16(10-8-14)23-13(2)19/h3-10H,11H2,1-2H3. The topological polar surface area (TPSA) is 69.7 Å². The molecular formula is C18H16O5. The fourth-order valence-electron chi connectivity index (χ4n) is 1.86. The Balaban J connectivity index is 1.92. The van der Waals surface area contributed by atoms with Crippen LogP contribution in [0.15, 0.2) is 48.5 Å². The van der Waals surface area contributed by atoms with Crippen LogP contribution in [0, 0.1) is 6.92 Å². The molecule has 23 heavy (non-hydrogen) atoms. The molecule has 2 aromatic carbocycles. The number of aryl methyl sites for hydroxylation is 1. The fraction of sp³-hybridized carbons (Fsp3) is 0.167. The van der Waals surface area contributed by atoms with Crippen molar-refractivity contribution in [3.05, 3.63) is 65.2 Å². The van der Waals surface area contributed by atoms with Crippen molar-refractivity contribution in [3.63, 3.8) is 0 Å². The van der Waals surface area contributed by atoms with E-state index in [1.165, 1.54) is 31.2 Å². The summed E-state index contributed by atoms with van der Waals surface area (Å²) in [4.78, 5) is 34.6. The molecule has 0 unspecified atom stereocenters. The number of ketones is 1. The summed E-state index contributed by atoms with van der Waals surface area (Å²) >= 11 is 0. The molecule has 0 atom stereocenters.